The standard InChI is InChI=1S/C16H25N.C2H4N2/c1-4-6-14(5-2)12-17-10-9-13(3)11-16(17)15-7-8-15;1-2-4-3/h4-6,13,15-16H,1-2,7-12H2,3H3;1,4H,3H2/b14-6+;. The van der Waals surface area contributed by atoms with Gasteiger partial charge in [-0.15, -0.1) is 0 Å². The fourth-order valence-corrected chi connectivity index (χ4v) is 2.97. The van der Waals surface area contributed by atoms with Crippen molar-refractivity contribution >= 4 is 0 Å². The first-order valence-corrected chi connectivity index (χ1v) is 7.75. The summed E-state index contributed by atoms with van der Waals surface area (Å²) >= 11 is 0. The van der Waals surface area contributed by atoms with Crippen molar-refractivity contribution in [3.05, 3.63) is 37.0 Å². The third-order valence-corrected chi connectivity index (χ3v) is 4.25. The maximum atomic E-state index is 4.54. The van der Waals surface area contributed by atoms with Gasteiger partial charge in [-0.1, -0.05) is 44.7 Å². The SMILES string of the molecule is C#CNN.C=C/C=C(\C=C)CN1CCC(C)CC1C1CC1. The topological polar surface area (TPSA) is 41.3 Å². The van der Waals surface area contributed by atoms with Crippen LogP contribution in [0.5, 0.6) is 0 Å². The van der Waals surface area contributed by atoms with Crippen LogP contribution in [0, 0.1) is 24.3 Å². The van der Waals surface area contributed by atoms with Gasteiger partial charge in [0.15, 0.2) is 0 Å². The van der Waals surface area contributed by atoms with Crippen LogP contribution in [-0.2, 0) is 0 Å². The molecule has 0 bridgehead atoms. The molecule has 1 saturated carbocycles. The number of nitrogens with zero attached hydrogens (tertiary/aromatic N) is 1. The van der Waals surface area contributed by atoms with E-state index in [1.807, 2.05) is 23.6 Å². The van der Waals surface area contributed by atoms with E-state index in [1.54, 1.807) is 0 Å². The number of nitrogens with one attached hydrogen (secondary N) is 1. The summed E-state index contributed by atoms with van der Waals surface area (Å²) in [6, 6.07) is 2.78. The third-order valence-electron chi connectivity index (χ3n) is 4.25. The Balaban J connectivity index is 0.000000491. The maximum Gasteiger partial charge on any atom is 0.0236 e. The molecule has 3 heteroatoms. The van der Waals surface area contributed by atoms with Crippen molar-refractivity contribution in [3.63, 3.8) is 0 Å². The van der Waals surface area contributed by atoms with Crippen molar-refractivity contribution in [3.8, 4) is 12.5 Å². The Hall–Kier alpha value is -1.50. The largest absolute Gasteiger partial charge is 0.296 e. The Morgan fingerprint density at radius 1 is 1.43 bits per heavy atom. The van der Waals surface area contributed by atoms with Crippen LogP contribution >= 0.6 is 0 Å². The van der Waals surface area contributed by atoms with Crippen LogP contribution in [-0.4, -0.2) is 24.0 Å². The Bertz CT molecular complexity index is 401. The molecule has 2 fully saturated rings. The summed E-state index contributed by atoms with van der Waals surface area (Å²) in [6.07, 6.45) is 16.1. The van der Waals surface area contributed by atoms with Crippen LogP contribution < -0.4 is 11.3 Å². The second kappa shape index (κ2) is 9.44. The van der Waals surface area contributed by atoms with Gasteiger partial charge < -0.3 is 0 Å². The first-order valence-electron chi connectivity index (χ1n) is 7.75. The molecule has 1 saturated heterocycles. The molecule has 0 spiro atoms. The Kier molecular flexibility index (Phi) is 7.89. The lowest BCUT2D eigenvalue weighted by molar-refractivity contribution is 0.113. The predicted octanol–water partition coefficient (Wildman–Crippen LogP) is 2.84. The molecule has 0 aromatic heterocycles. The highest BCUT2D eigenvalue weighted by atomic mass is 15.2. The van der Waals surface area contributed by atoms with Crippen LogP contribution in [0.15, 0.2) is 37.0 Å². The first kappa shape index (κ1) is 17.6. The molecule has 2 unspecified atom stereocenters. The lowest BCUT2D eigenvalue weighted by Gasteiger charge is -2.39. The highest BCUT2D eigenvalue weighted by Crippen LogP contribution is 2.40. The molecule has 2 rings (SSSR count). The third kappa shape index (κ3) is 6.20. The van der Waals surface area contributed by atoms with Crippen molar-refractivity contribution in [1.82, 2.24) is 10.3 Å². The van der Waals surface area contributed by atoms with E-state index < -0.39 is 0 Å². The number of hydrogen-bond donors (Lipinski definition) is 2. The summed E-state index contributed by atoms with van der Waals surface area (Å²) < 4.78 is 0. The van der Waals surface area contributed by atoms with Crippen molar-refractivity contribution in [2.75, 3.05) is 13.1 Å². The van der Waals surface area contributed by atoms with Gasteiger partial charge in [0.1, 0.15) is 0 Å². The Morgan fingerprint density at radius 2 is 2.10 bits per heavy atom. The van der Waals surface area contributed by atoms with E-state index in [0.717, 1.165) is 24.4 Å². The number of likely N-dealkylation sites (tertiary alicyclic amines) is 1. The number of nitrogens with two attached hydrogens (primary N) is 1. The van der Waals surface area contributed by atoms with Gasteiger partial charge in [0.25, 0.3) is 0 Å². The number of terminal acetylenes is 1. The molecule has 2 atom stereocenters. The molecule has 0 radical (unpaired) electrons. The van der Waals surface area contributed by atoms with Gasteiger partial charge in [-0.2, -0.15) is 0 Å². The number of hydrazine groups is 1. The molecule has 1 aliphatic carbocycles. The lowest BCUT2D eigenvalue weighted by Crippen LogP contribution is -2.44. The molecule has 0 aromatic rings. The predicted molar refractivity (Wildman–Crippen MR) is 91.1 cm³/mol. The second-order valence-electron chi connectivity index (χ2n) is 5.97. The molecule has 2 aliphatic rings. The van der Waals surface area contributed by atoms with E-state index in [9.17, 15) is 0 Å². The van der Waals surface area contributed by atoms with Crippen molar-refractivity contribution < 1.29 is 0 Å². The first-order chi connectivity index (χ1) is 10.2. The van der Waals surface area contributed by atoms with Crippen molar-refractivity contribution in [1.29, 1.82) is 0 Å². The monoisotopic (exact) mass is 287 g/mol. The second-order valence-corrected chi connectivity index (χ2v) is 5.97. The zero-order valence-electron chi connectivity index (χ0n) is 13.2. The van der Waals surface area contributed by atoms with Gasteiger partial charge in [0.2, 0.25) is 0 Å². The summed E-state index contributed by atoms with van der Waals surface area (Å²) in [7, 11) is 0. The van der Waals surface area contributed by atoms with Gasteiger partial charge in [-0.05, 0) is 49.6 Å². The van der Waals surface area contributed by atoms with Crippen LogP contribution in [0.25, 0.3) is 0 Å². The van der Waals surface area contributed by atoms with E-state index in [4.69, 9.17) is 0 Å². The normalized spacial score (nSPS) is 26.0. The van der Waals surface area contributed by atoms with E-state index in [1.165, 1.54) is 37.8 Å². The van der Waals surface area contributed by atoms with Gasteiger partial charge in [-0.25, -0.2) is 5.84 Å². The van der Waals surface area contributed by atoms with Crippen LogP contribution in [0.3, 0.4) is 0 Å². The van der Waals surface area contributed by atoms with Gasteiger partial charge in [0.05, 0.1) is 0 Å². The fraction of sp³-hybridized carbons (Fsp3) is 0.556. The molecule has 0 aromatic carbocycles. The minimum Gasteiger partial charge on any atom is -0.296 e. The summed E-state index contributed by atoms with van der Waals surface area (Å²) in [5, 5.41) is 0. The zero-order valence-corrected chi connectivity index (χ0v) is 13.2. The van der Waals surface area contributed by atoms with Crippen LogP contribution in [0.1, 0.15) is 32.6 Å². The average Bonchev–Trinajstić information content (AvgIpc) is 3.33. The summed E-state index contributed by atoms with van der Waals surface area (Å²) in [5.41, 5.74) is 3.26. The Morgan fingerprint density at radius 3 is 2.57 bits per heavy atom. The zero-order chi connectivity index (χ0) is 15.7. The summed E-state index contributed by atoms with van der Waals surface area (Å²) in [4.78, 5) is 2.68. The summed E-state index contributed by atoms with van der Waals surface area (Å²) in [5.74, 6) is 6.43. The fourth-order valence-electron chi connectivity index (χ4n) is 2.97. The summed E-state index contributed by atoms with van der Waals surface area (Å²) in [6.45, 7) is 12.4. The maximum absolute atomic E-state index is 4.54. The highest BCUT2D eigenvalue weighted by Gasteiger charge is 2.38. The van der Waals surface area contributed by atoms with E-state index in [0.29, 0.717) is 0 Å². The number of piperidine rings is 1. The smallest absolute Gasteiger partial charge is 0.0236 e. The van der Waals surface area contributed by atoms with Crippen LogP contribution in [0.4, 0.5) is 0 Å². The van der Waals surface area contributed by atoms with Gasteiger partial charge in [-0.3, -0.25) is 10.3 Å². The minimum absolute atomic E-state index is 0.826. The highest BCUT2D eigenvalue weighted by molar-refractivity contribution is 5.23. The van der Waals surface area contributed by atoms with E-state index in [2.05, 4.69) is 43.3 Å². The number of rotatable bonds is 5. The van der Waals surface area contributed by atoms with E-state index >= 15 is 0 Å². The molecule has 116 valence electrons. The van der Waals surface area contributed by atoms with Crippen molar-refractivity contribution in [2.24, 2.45) is 17.7 Å². The minimum atomic E-state index is 0.826. The van der Waals surface area contributed by atoms with Crippen molar-refractivity contribution in [2.45, 2.75) is 38.6 Å². The van der Waals surface area contributed by atoms with Gasteiger partial charge >= 0.3 is 0 Å². The van der Waals surface area contributed by atoms with Crippen LogP contribution in [0.2, 0.25) is 0 Å². The Labute approximate surface area is 129 Å². The quantitative estimate of drug-likeness (QED) is 0.269. The molecule has 1 aliphatic heterocycles. The molecule has 3 nitrogen and oxygen atoms in total. The molecule has 3 N–H and O–H groups in total. The van der Waals surface area contributed by atoms with E-state index in [-0.39, 0.29) is 0 Å². The molecule has 21 heavy (non-hydrogen) atoms. The molecule has 1 heterocycles. The van der Waals surface area contributed by atoms with Gasteiger partial charge in [0, 0.05) is 18.6 Å². The molecular weight excluding hydrogens is 258 g/mol. The number of hydrogen-bond acceptors (Lipinski definition) is 3. The average molecular weight is 287 g/mol. The molecule has 0 amide bonds. The number of allylic oxidation sites excluding steroid dienone is 2. The lowest BCUT2D eigenvalue weighted by atomic mass is 9.89. The molecular formula is C18H29N3.